The van der Waals surface area contributed by atoms with Gasteiger partial charge in [0.15, 0.2) is 0 Å². The quantitative estimate of drug-likeness (QED) is 0.743. The molecule has 1 N–H and O–H groups in total. The Morgan fingerprint density at radius 2 is 2.19 bits per heavy atom. The minimum atomic E-state index is -0.251. The van der Waals surface area contributed by atoms with Gasteiger partial charge in [-0.2, -0.15) is 11.8 Å². The summed E-state index contributed by atoms with van der Waals surface area (Å²) < 4.78 is 0. The minimum absolute atomic E-state index is 0.251. The first kappa shape index (κ1) is 13.5. The lowest BCUT2D eigenvalue weighted by molar-refractivity contribution is 0.171. The van der Waals surface area contributed by atoms with Gasteiger partial charge in [-0.05, 0) is 36.0 Å². The van der Waals surface area contributed by atoms with Gasteiger partial charge >= 0.3 is 0 Å². The van der Waals surface area contributed by atoms with Crippen LogP contribution in [-0.2, 0) is 12.8 Å². The fraction of sp³-hybridized carbons (Fsp3) is 0.615. The number of pyridine rings is 1. The second-order valence-corrected chi connectivity index (χ2v) is 5.25. The molecule has 0 aromatic carbocycles. The summed E-state index contributed by atoms with van der Waals surface area (Å²) >= 11 is 1.87. The van der Waals surface area contributed by atoms with E-state index in [1.165, 1.54) is 5.56 Å². The summed E-state index contributed by atoms with van der Waals surface area (Å²) in [5.41, 5.74) is 2.24. The Kier molecular flexibility index (Phi) is 6.50. The van der Waals surface area contributed by atoms with Crippen LogP contribution in [0.25, 0.3) is 0 Å². The molecule has 1 unspecified atom stereocenters. The second-order valence-electron chi connectivity index (χ2n) is 3.85. The number of rotatable bonds is 7. The lowest BCUT2D eigenvalue weighted by atomic mass is 10.1. The zero-order valence-corrected chi connectivity index (χ0v) is 11.0. The lowest BCUT2D eigenvalue weighted by Gasteiger charge is -2.09. The Hall–Kier alpha value is -0.540. The molecule has 2 nitrogen and oxygen atoms in total. The highest BCUT2D eigenvalue weighted by atomic mass is 32.2. The highest BCUT2D eigenvalue weighted by molar-refractivity contribution is 7.99. The number of aromatic nitrogens is 1. The Balaban J connectivity index is 2.34. The van der Waals surface area contributed by atoms with Crippen molar-refractivity contribution in [3.63, 3.8) is 0 Å². The smallest absolute Gasteiger partial charge is 0.0603 e. The second kappa shape index (κ2) is 7.69. The number of nitrogens with zero attached hydrogens (tertiary/aromatic N) is 1. The molecule has 1 heterocycles. The molecular formula is C13H21NOS. The standard InChI is InChI=1S/C13H21NOS/c1-3-11-5-6-12(14-10-11)9-13(15)7-8-16-4-2/h5-6,10,13,15H,3-4,7-9H2,1-2H3. The molecule has 0 spiro atoms. The SMILES string of the molecule is CCSCCC(O)Cc1ccc(CC)cn1. The van der Waals surface area contributed by atoms with Crippen LogP contribution in [0.4, 0.5) is 0 Å². The normalized spacial score (nSPS) is 12.7. The fourth-order valence-electron chi connectivity index (χ4n) is 1.49. The number of aliphatic hydroxyl groups excluding tert-OH is 1. The van der Waals surface area contributed by atoms with Crippen molar-refractivity contribution >= 4 is 11.8 Å². The first-order valence-electron chi connectivity index (χ1n) is 5.95. The maximum absolute atomic E-state index is 9.80. The van der Waals surface area contributed by atoms with Gasteiger partial charge in [-0.15, -0.1) is 0 Å². The fourth-order valence-corrected chi connectivity index (χ4v) is 2.22. The molecule has 0 bridgehead atoms. The summed E-state index contributed by atoms with van der Waals surface area (Å²) in [4.78, 5) is 4.35. The van der Waals surface area contributed by atoms with Gasteiger partial charge in [-0.3, -0.25) is 4.98 Å². The Morgan fingerprint density at radius 1 is 1.38 bits per heavy atom. The van der Waals surface area contributed by atoms with Gasteiger partial charge in [0.2, 0.25) is 0 Å². The molecular weight excluding hydrogens is 218 g/mol. The van der Waals surface area contributed by atoms with Gasteiger partial charge in [0.1, 0.15) is 0 Å². The maximum atomic E-state index is 9.80. The van der Waals surface area contributed by atoms with Crippen molar-refractivity contribution in [1.29, 1.82) is 0 Å². The van der Waals surface area contributed by atoms with E-state index in [1.54, 1.807) is 0 Å². The first-order valence-corrected chi connectivity index (χ1v) is 7.11. The van der Waals surface area contributed by atoms with Crippen LogP contribution in [0.3, 0.4) is 0 Å². The predicted octanol–water partition coefficient (Wildman–Crippen LogP) is 2.69. The van der Waals surface area contributed by atoms with Crippen molar-refractivity contribution in [2.45, 2.75) is 39.2 Å². The van der Waals surface area contributed by atoms with Crippen molar-refractivity contribution in [2.75, 3.05) is 11.5 Å². The number of aryl methyl sites for hydroxylation is 1. The molecule has 1 aromatic heterocycles. The van der Waals surface area contributed by atoms with Crippen molar-refractivity contribution in [1.82, 2.24) is 4.98 Å². The summed E-state index contributed by atoms with van der Waals surface area (Å²) in [6.07, 6.45) is 4.20. The van der Waals surface area contributed by atoms with Crippen molar-refractivity contribution in [3.05, 3.63) is 29.6 Å². The molecule has 1 aromatic rings. The molecule has 0 radical (unpaired) electrons. The number of hydrogen-bond acceptors (Lipinski definition) is 3. The van der Waals surface area contributed by atoms with Gasteiger partial charge in [0.25, 0.3) is 0 Å². The topological polar surface area (TPSA) is 33.1 Å². The Morgan fingerprint density at radius 3 is 2.75 bits per heavy atom. The van der Waals surface area contributed by atoms with Crippen LogP contribution in [0.1, 0.15) is 31.5 Å². The van der Waals surface area contributed by atoms with E-state index in [0.717, 1.165) is 30.0 Å². The molecule has 0 saturated carbocycles. The largest absolute Gasteiger partial charge is 0.393 e. The summed E-state index contributed by atoms with van der Waals surface area (Å²) in [7, 11) is 0. The summed E-state index contributed by atoms with van der Waals surface area (Å²) in [5.74, 6) is 2.15. The average molecular weight is 239 g/mol. The van der Waals surface area contributed by atoms with Crippen LogP contribution in [0.15, 0.2) is 18.3 Å². The summed E-state index contributed by atoms with van der Waals surface area (Å²) in [6, 6.07) is 4.12. The van der Waals surface area contributed by atoms with E-state index < -0.39 is 0 Å². The zero-order chi connectivity index (χ0) is 11.8. The molecule has 0 amide bonds. The van der Waals surface area contributed by atoms with E-state index in [0.29, 0.717) is 6.42 Å². The Bertz CT molecular complexity index is 286. The van der Waals surface area contributed by atoms with E-state index in [9.17, 15) is 5.11 Å². The number of hydrogen-bond donors (Lipinski definition) is 1. The molecule has 0 aliphatic rings. The molecule has 3 heteroatoms. The monoisotopic (exact) mass is 239 g/mol. The third-order valence-corrected chi connectivity index (χ3v) is 3.47. The zero-order valence-electron chi connectivity index (χ0n) is 10.1. The number of thioether (sulfide) groups is 1. The summed E-state index contributed by atoms with van der Waals surface area (Å²) in [5, 5.41) is 9.80. The summed E-state index contributed by atoms with van der Waals surface area (Å²) in [6.45, 7) is 4.26. The van der Waals surface area contributed by atoms with Gasteiger partial charge in [-0.25, -0.2) is 0 Å². The van der Waals surface area contributed by atoms with Crippen LogP contribution in [0.2, 0.25) is 0 Å². The Labute approximate surface area is 102 Å². The lowest BCUT2D eigenvalue weighted by Crippen LogP contribution is -2.12. The first-order chi connectivity index (χ1) is 7.76. The van der Waals surface area contributed by atoms with Gasteiger partial charge in [0.05, 0.1) is 6.10 Å². The van der Waals surface area contributed by atoms with Gasteiger partial charge in [-0.1, -0.05) is 19.9 Å². The number of aliphatic hydroxyl groups is 1. The van der Waals surface area contributed by atoms with E-state index >= 15 is 0 Å². The van der Waals surface area contributed by atoms with Crippen LogP contribution in [0, 0.1) is 0 Å². The molecule has 16 heavy (non-hydrogen) atoms. The molecule has 0 fully saturated rings. The molecule has 1 atom stereocenters. The van der Waals surface area contributed by atoms with E-state index in [1.807, 2.05) is 24.0 Å². The van der Waals surface area contributed by atoms with Crippen LogP contribution in [0.5, 0.6) is 0 Å². The van der Waals surface area contributed by atoms with Crippen molar-refractivity contribution < 1.29 is 5.11 Å². The molecule has 1 rings (SSSR count). The van der Waals surface area contributed by atoms with E-state index in [-0.39, 0.29) is 6.10 Å². The van der Waals surface area contributed by atoms with E-state index in [2.05, 4.69) is 24.9 Å². The van der Waals surface area contributed by atoms with Crippen LogP contribution >= 0.6 is 11.8 Å². The van der Waals surface area contributed by atoms with Gasteiger partial charge < -0.3 is 5.11 Å². The maximum Gasteiger partial charge on any atom is 0.0603 e. The third-order valence-electron chi connectivity index (χ3n) is 2.54. The van der Waals surface area contributed by atoms with Crippen LogP contribution < -0.4 is 0 Å². The predicted molar refractivity (Wildman–Crippen MR) is 70.9 cm³/mol. The van der Waals surface area contributed by atoms with Crippen LogP contribution in [-0.4, -0.2) is 27.7 Å². The molecule has 90 valence electrons. The minimum Gasteiger partial charge on any atom is -0.393 e. The highest BCUT2D eigenvalue weighted by Gasteiger charge is 2.06. The molecule has 0 aliphatic heterocycles. The molecule has 0 saturated heterocycles. The van der Waals surface area contributed by atoms with E-state index in [4.69, 9.17) is 0 Å². The van der Waals surface area contributed by atoms with Crippen molar-refractivity contribution in [2.24, 2.45) is 0 Å². The average Bonchev–Trinajstić information content (AvgIpc) is 2.30. The molecule has 0 aliphatic carbocycles. The third kappa shape index (κ3) is 4.99. The van der Waals surface area contributed by atoms with Crippen molar-refractivity contribution in [3.8, 4) is 0 Å². The van der Waals surface area contributed by atoms with Gasteiger partial charge in [0, 0.05) is 18.3 Å². The highest BCUT2D eigenvalue weighted by Crippen LogP contribution is 2.09.